The van der Waals surface area contributed by atoms with E-state index in [9.17, 15) is 4.79 Å². The number of nitrogens with one attached hydrogen (secondary N) is 1. The van der Waals surface area contributed by atoms with Crippen molar-refractivity contribution in [1.29, 1.82) is 0 Å². The summed E-state index contributed by atoms with van der Waals surface area (Å²) in [4.78, 5) is 11.6. The molecule has 0 saturated carbocycles. The van der Waals surface area contributed by atoms with Crippen molar-refractivity contribution in [3.63, 3.8) is 0 Å². The zero-order valence-electron chi connectivity index (χ0n) is 10.3. The molecular weight excluding hydrogens is 327 g/mol. The van der Waals surface area contributed by atoms with Crippen LogP contribution >= 0.6 is 10.1 Å². The van der Waals surface area contributed by atoms with E-state index in [2.05, 4.69) is 35.7 Å². The van der Waals surface area contributed by atoms with Gasteiger partial charge in [0.2, 0.25) is 0 Å². The van der Waals surface area contributed by atoms with E-state index in [1.165, 1.54) is 6.21 Å². The summed E-state index contributed by atoms with van der Waals surface area (Å²) in [6.45, 7) is 0. The Morgan fingerprint density at radius 1 is 1.10 bits per heavy atom. The van der Waals surface area contributed by atoms with Crippen LogP contribution in [0.3, 0.4) is 0 Å². The Hall–Kier alpha value is -1.81. The fraction of sp³-hybridized carbons (Fsp3) is 0. The molecule has 20 heavy (non-hydrogen) atoms. The number of carbonyl (C=O) groups excluding carboxylic acids is 1. The average molecular weight is 340 g/mol. The van der Waals surface area contributed by atoms with Gasteiger partial charge in [-0.1, -0.05) is 30.3 Å². The monoisotopic (exact) mass is 339 g/mol. The molecule has 107 valence electrons. The zero-order chi connectivity index (χ0) is 14.8. The van der Waals surface area contributed by atoms with E-state index in [4.69, 9.17) is 5.11 Å². The van der Waals surface area contributed by atoms with Crippen molar-refractivity contribution in [3.8, 4) is 5.75 Å². The molecule has 2 rings (SSSR count). The normalized spacial score (nSPS) is 9.75. The van der Waals surface area contributed by atoms with E-state index in [0.717, 1.165) is 0 Å². The summed E-state index contributed by atoms with van der Waals surface area (Å²) < 4.78 is 0. The van der Waals surface area contributed by atoms with E-state index in [0.29, 0.717) is 16.9 Å². The average Bonchev–Trinajstić information content (AvgIpc) is 2.52. The topological polar surface area (TPSA) is 64.4 Å². The van der Waals surface area contributed by atoms with Gasteiger partial charge in [0.25, 0.3) is 11.7 Å². The van der Waals surface area contributed by atoms with Crippen LogP contribution in [0, 0.1) is 0 Å². The minimum absolute atomic E-state index is 0.269. The Balaban J connectivity index is 0.000000956. The SMILES string of the molecule is O=C(NN=Cc1ccccc1[OH2+])c1ccccc1.[Cl][Cu+]. The summed E-state index contributed by atoms with van der Waals surface area (Å²) in [5.74, 6) is 0.101. The van der Waals surface area contributed by atoms with Crippen LogP contribution in [0.4, 0.5) is 0 Å². The molecule has 0 radical (unpaired) electrons. The second kappa shape index (κ2) is 9.15. The Labute approximate surface area is 129 Å². The number of benzene rings is 2. The summed E-state index contributed by atoms with van der Waals surface area (Å²) in [5, 5.41) is 11.5. The Bertz CT molecular complexity index is 576. The van der Waals surface area contributed by atoms with Gasteiger partial charge in [0.15, 0.2) is 0 Å². The number of hydrogen-bond donors (Lipinski definition) is 1. The van der Waals surface area contributed by atoms with Crippen LogP contribution in [0.25, 0.3) is 0 Å². The quantitative estimate of drug-likeness (QED) is 0.397. The molecule has 0 aliphatic carbocycles. The number of carbonyl (C=O) groups is 1. The van der Waals surface area contributed by atoms with Gasteiger partial charge in [-0.05, 0) is 18.2 Å². The second-order valence-electron chi connectivity index (χ2n) is 3.65. The summed E-state index contributed by atoms with van der Waals surface area (Å²) in [7, 11) is 4.20. The summed E-state index contributed by atoms with van der Waals surface area (Å²) in [5.41, 5.74) is 3.63. The maximum absolute atomic E-state index is 11.6. The van der Waals surface area contributed by atoms with Crippen molar-refractivity contribution in [1.82, 2.24) is 5.43 Å². The van der Waals surface area contributed by atoms with Crippen LogP contribution in [0.1, 0.15) is 15.9 Å². The number of amides is 1. The fourth-order valence-corrected chi connectivity index (χ4v) is 1.42. The summed E-state index contributed by atoms with van der Waals surface area (Å²) in [6.07, 6.45) is 1.46. The number of halogens is 1. The second-order valence-corrected chi connectivity index (χ2v) is 3.65. The molecule has 1 amide bonds. The Morgan fingerprint density at radius 2 is 1.70 bits per heavy atom. The fourth-order valence-electron chi connectivity index (χ4n) is 1.42. The van der Waals surface area contributed by atoms with Crippen molar-refractivity contribution in [2.24, 2.45) is 5.10 Å². The first kappa shape index (κ1) is 16.2. The molecule has 0 bridgehead atoms. The van der Waals surface area contributed by atoms with Crippen LogP contribution in [-0.2, 0) is 15.1 Å². The molecule has 6 heteroatoms. The molecule has 0 aromatic heterocycles. The molecule has 0 aliphatic rings. The molecule has 4 nitrogen and oxygen atoms in total. The molecule has 2 aromatic rings. The van der Waals surface area contributed by atoms with Crippen molar-refractivity contribution < 1.29 is 25.0 Å². The van der Waals surface area contributed by atoms with Crippen molar-refractivity contribution >= 4 is 22.2 Å². The van der Waals surface area contributed by atoms with Crippen LogP contribution in [-0.4, -0.2) is 17.2 Å². The van der Waals surface area contributed by atoms with Gasteiger partial charge in [-0.15, -0.1) is 0 Å². The van der Waals surface area contributed by atoms with Crippen LogP contribution in [0.2, 0.25) is 0 Å². The molecule has 2 aromatic carbocycles. The molecule has 0 aliphatic heterocycles. The van der Waals surface area contributed by atoms with E-state index < -0.39 is 0 Å². The standard InChI is InChI=1S/C14H12N2O2.ClH.Cu/c17-13-9-5-4-8-12(13)10-15-16-14(18)11-6-2-1-3-7-11;;/h1-10,17H,(H,16,18);1H;/q;;+2. The van der Waals surface area contributed by atoms with Gasteiger partial charge >= 0.3 is 25.2 Å². The van der Waals surface area contributed by atoms with Gasteiger partial charge in [0.05, 0.1) is 11.8 Å². The van der Waals surface area contributed by atoms with Crippen LogP contribution in [0.15, 0.2) is 59.7 Å². The Morgan fingerprint density at radius 3 is 2.35 bits per heavy atom. The van der Waals surface area contributed by atoms with Crippen LogP contribution in [0.5, 0.6) is 5.75 Å². The molecule has 0 fully saturated rings. The van der Waals surface area contributed by atoms with Crippen molar-refractivity contribution in [2.75, 3.05) is 0 Å². The summed E-state index contributed by atoms with van der Waals surface area (Å²) in [6, 6.07) is 15.9. The first-order chi connectivity index (χ1) is 9.77. The number of hydrogen-bond acceptors (Lipinski definition) is 2. The van der Waals surface area contributed by atoms with E-state index in [-0.39, 0.29) is 5.91 Å². The number of rotatable bonds is 3. The first-order valence-corrected chi connectivity index (χ1v) is 6.87. The predicted octanol–water partition coefficient (Wildman–Crippen LogP) is 2.58. The third-order valence-corrected chi connectivity index (χ3v) is 2.37. The molecule has 0 atom stereocenters. The number of para-hydroxylation sites is 1. The molecular formula is C14H13ClCuN2O2+2. The van der Waals surface area contributed by atoms with E-state index in [1.54, 1.807) is 42.5 Å². The zero-order valence-corrected chi connectivity index (χ0v) is 12.0. The Kier molecular flexibility index (Phi) is 7.43. The maximum atomic E-state index is 11.6. The molecule has 0 saturated heterocycles. The van der Waals surface area contributed by atoms with Gasteiger partial charge in [-0.25, -0.2) is 5.43 Å². The third-order valence-electron chi connectivity index (χ3n) is 2.37. The molecule has 0 unspecified atom stereocenters. The molecule has 0 heterocycles. The van der Waals surface area contributed by atoms with Gasteiger partial charge in [-0.3, -0.25) is 4.79 Å². The third kappa shape index (κ3) is 5.05. The van der Waals surface area contributed by atoms with Gasteiger partial charge in [-0.2, -0.15) is 5.10 Å². The first-order valence-electron chi connectivity index (χ1n) is 5.58. The van der Waals surface area contributed by atoms with Gasteiger partial charge in [0, 0.05) is 11.6 Å². The van der Waals surface area contributed by atoms with E-state index in [1.807, 2.05) is 12.1 Å². The van der Waals surface area contributed by atoms with E-state index >= 15 is 0 Å². The molecule has 0 spiro atoms. The number of nitrogens with zero attached hydrogens (tertiary/aromatic N) is 1. The van der Waals surface area contributed by atoms with Crippen molar-refractivity contribution in [3.05, 3.63) is 65.7 Å². The van der Waals surface area contributed by atoms with Crippen LogP contribution < -0.4 is 5.43 Å². The molecule has 3 N–H and O–H groups in total. The number of hydrazone groups is 1. The van der Waals surface area contributed by atoms with Gasteiger partial charge in [0.1, 0.15) is 0 Å². The van der Waals surface area contributed by atoms with Gasteiger partial charge < -0.3 is 5.11 Å². The predicted molar refractivity (Wildman–Crippen MR) is 76.9 cm³/mol. The summed E-state index contributed by atoms with van der Waals surface area (Å²) >= 11 is 3.66. The van der Waals surface area contributed by atoms with Crippen molar-refractivity contribution in [2.45, 2.75) is 0 Å². The minimum atomic E-state index is -0.269.